The second-order valence-corrected chi connectivity index (χ2v) is 7.59. The second kappa shape index (κ2) is 9.40. The van der Waals surface area contributed by atoms with Crippen molar-refractivity contribution in [1.29, 1.82) is 0 Å². The molecule has 0 saturated carbocycles. The number of piperidine rings is 1. The van der Waals surface area contributed by atoms with E-state index in [4.69, 9.17) is 0 Å². The van der Waals surface area contributed by atoms with Crippen LogP contribution in [0.3, 0.4) is 0 Å². The van der Waals surface area contributed by atoms with Gasteiger partial charge in [0.25, 0.3) is 5.91 Å². The minimum atomic E-state index is -0.186. The molecule has 144 valence electrons. The molecule has 5 nitrogen and oxygen atoms in total. The number of anilines is 3. The quantitative estimate of drug-likeness (QED) is 0.740. The third-order valence-electron chi connectivity index (χ3n) is 4.89. The Morgan fingerprint density at radius 2 is 1.74 bits per heavy atom. The fraction of sp³-hybridized carbons (Fsp3) is 0.455. The van der Waals surface area contributed by atoms with Gasteiger partial charge in [-0.25, -0.2) is 4.98 Å². The van der Waals surface area contributed by atoms with Crippen molar-refractivity contribution in [2.45, 2.75) is 39.5 Å². The van der Waals surface area contributed by atoms with Gasteiger partial charge in [-0.3, -0.25) is 4.79 Å². The predicted octanol–water partition coefficient (Wildman–Crippen LogP) is 4.78. The number of rotatable bonds is 7. The third-order valence-corrected chi connectivity index (χ3v) is 4.89. The molecule has 5 heteroatoms. The number of hydrogen-bond donors (Lipinski definition) is 2. The summed E-state index contributed by atoms with van der Waals surface area (Å²) in [6.45, 7) is 7.55. The Balaban J connectivity index is 1.53. The molecule has 0 radical (unpaired) electrons. The summed E-state index contributed by atoms with van der Waals surface area (Å²) in [5.41, 5.74) is 3.38. The Kier molecular flexibility index (Phi) is 6.69. The first-order chi connectivity index (χ1) is 13.1. The molecule has 1 fully saturated rings. The van der Waals surface area contributed by atoms with E-state index in [1.165, 1.54) is 24.9 Å². The summed E-state index contributed by atoms with van der Waals surface area (Å²) in [4.78, 5) is 19.1. The largest absolute Gasteiger partial charge is 0.384 e. The molecule has 1 saturated heterocycles. The number of nitrogens with zero attached hydrogens (tertiary/aromatic N) is 2. The van der Waals surface area contributed by atoms with Crippen LogP contribution in [0.15, 0.2) is 42.6 Å². The third kappa shape index (κ3) is 5.71. The number of carbonyl (C=O) groups excluding carboxylic acids is 1. The number of nitrogens with one attached hydrogen (secondary N) is 2. The minimum Gasteiger partial charge on any atom is -0.384 e. The van der Waals surface area contributed by atoms with Crippen molar-refractivity contribution in [3.63, 3.8) is 0 Å². The summed E-state index contributed by atoms with van der Waals surface area (Å²) >= 11 is 0. The summed E-state index contributed by atoms with van der Waals surface area (Å²) in [5.74, 6) is 0.478. The van der Waals surface area contributed by atoms with Crippen LogP contribution in [0.4, 0.5) is 17.1 Å². The molecule has 1 amide bonds. The topological polar surface area (TPSA) is 57.3 Å². The van der Waals surface area contributed by atoms with Crippen LogP contribution in [0.25, 0.3) is 0 Å². The van der Waals surface area contributed by atoms with Gasteiger partial charge in [-0.15, -0.1) is 0 Å². The molecule has 1 aromatic carbocycles. The SMILES string of the molecule is CC(C)CCNc1ccc(C(=O)Nc2ccc(N3CCCCC3)cc2)nc1. The monoisotopic (exact) mass is 366 g/mol. The van der Waals surface area contributed by atoms with Crippen molar-refractivity contribution in [2.24, 2.45) is 5.92 Å². The lowest BCUT2D eigenvalue weighted by Gasteiger charge is -2.28. The Morgan fingerprint density at radius 1 is 1.04 bits per heavy atom. The molecule has 2 aromatic rings. The van der Waals surface area contributed by atoms with Gasteiger partial charge in [0.15, 0.2) is 0 Å². The summed E-state index contributed by atoms with van der Waals surface area (Å²) in [5, 5.41) is 6.26. The lowest BCUT2D eigenvalue weighted by Crippen LogP contribution is -2.29. The molecule has 2 heterocycles. The number of pyridine rings is 1. The van der Waals surface area contributed by atoms with Crippen molar-refractivity contribution in [1.82, 2.24) is 4.98 Å². The number of benzene rings is 1. The van der Waals surface area contributed by atoms with Crippen LogP contribution in [-0.2, 0) is 0 Å². The van der Waals surface area contributed by atoms with E-state index in [-0.39, 0.29) is 5.91 Å². The lowest BCUT2D eigenvalue weighted by molar-refractivity contribution is 0.102. The van der Waals surface area contributed by atoms with Crippen LogP contribution in [-0.4, -0.2) is 30.5 Å². The second-order valence-electron chi connectivity index (χ2n) is 7.59. The minimum absolute atomic E-state index is 0.186. The average molecular weight is 367 g/mol. The van der Waals surface area contributed by atoms with Crippen LogP contribution >= 0.6 is 0 Å². The zero-order valence-corrected chi connectivity index (χ0v) is 16.4. The number of amides is 1. The molecule has 1 aliphatic rings. The van der Waals surface area contributed by atoms with E-state index in [0.29, 0.717) is 11.6 Å². The van der Waals surface area contributed by atoms with E-state index in [0.717, 1.165) is 37.4 Å². The highest BCUT2D eigenvalue weighted by atomic mass is 16.1. The normalized spacial score (nSPS) is 14.3. The molecule has 0 atom stereocenters. The number of aromatic nitrogens is 1. The van der Waals surface area contributed by atoms with E-state index >= 15 is 0 Å². The van der Waals surface area contributed by atoms with Crippen LogP contribution in [0.2, 0.25) is 0 Å². The van der Waals surface area contributed by atoms with E-state index in [9.17, 15) is 4.79 Å². The summed E-state index contributed by atoms with van der Waals surface area (Å²) in [6, 6.07) is 11.7. The van der Waals surface area contributed by atoms with Crippen LogP contribution in [0.5, 0.6) is 0 Å². The van der Waals surface area contributed by atoms with E-state index in [2.05, 4.69) is 46.5 Å². The van der Waals surface area contributed by atoms with Crippen molar-refractivity contribution in [3.05, 3.63) is 48.3 Å². The van der Waals surface area contributed by atoms with Gasteiger partial charge in [-0.05, 0) is 68.0 Å². The van der Waals surface area contributed by atoms with Crippen LogP contribution in [0.1, 0.15) is 50.0 Å². The van der Waals surface area contributed by atoms with Gasteiger partial charge in [-0.1, -0.05) is 13.8 Å². The molecule has 27 heavy (non-hydrogen) atoms. The van der Waals surface area contributed by atoms with Crippen LogP contribution < -0.4 is 15.5 Å². The maximum Gasteiger partial charge on any atom is 0.274 e. The molecule has 3 rings (SSSR count). The summed E-state index contributed by atoms with van der Waals surface area (Å²) in [7, 11) is 0. The lowest BCUT2D eigenvalue weighted by atomic mass is 10.1. The first kappa shape index (κ1) is 19.2. The van der Waals surface area contributed by atoms with Crippen molar-refractivity contribution in [3.8, 4) is 0 Å². The number of hydrogen-bond acceptors (Lipinski definition) is 4. The van der Waals surface area contributed by atoms with Crippen molar-refractivity contribution in [2.75, 3.05) is 35.2 Å². The Hall–Kier alpha value is -2.56. The first-order valence-electron chi connectivity index (χ1n) is 9.98. The molecule has 2 N–H and O–H groups in total. The molecule has 0 spiro atoms. The highest BCUT2D eigenvalue weighted by Crippen LogP contribution is 2.22. The Morgan fingerprint density at radius 3 is 2.37 bits per heavy atom. The predicted molar refractivity (Wildman–Crippen MR) is 113 cm³/mol. The highest BCUT2D eigenvalue weighted by molar-refractivity contribution is 6.03. The smallest absolute Gasteiger partial charge is 0.274 e. The van der Waals surface area contributed by atoms with Gasteiger partial charge in [0, 0.05) is 31.0 Å². The van der Waals surface area contributed by atoms with Gasteiger partial charge < -0.3 is 15.5 Å². The van der Waals surface area contributed by atoms with Gasteiger partial charge in [0.2, 0.25) is 0 Å². The highest BCUT2D eigenvalue weighted by Gasteiger charge is 2.12. The summed E-state index contributed by atoms with van der Waals surface area (Å²) < 4.78 is 0. The Labute approximate surface area is 162 Å². The maximum atomic E-state index is 12.4. The van der Waals surface area contributed by atoms with E-state index in [1.54, 1.807) is 12.3 Å². The van der Waals surface area contributed by atoms with Crippen molar-refractivity contribution >= 4 is 23.0 Å². The molecule has 0 unspecified atom stereocenters. The molecule has 0 bridgehead atoms. The van der Waals surface area contributed by atoms with Gasteiger partial charge in [0.05, 0.1) is 11.9 Å². The standard InChI is InChI=1S/C22H30N4O/c1-17(2)12-13-23-19-8-11-21(24-16-19)22(27)25-18-6-9-20(10-7-18)26-14-4-3-5-15-26/h6-11,16-17,23H,3-5,12-15H2,1-2H3,(H,25,27). The van der Waals surface area contributed by atoms with Crippen molar-refractivity contribution < 1.29 is 4.79 Å². The summed E-state index contributed by atoms with van der Waals surface area (Å²) in [6.07, 6.45) is 6.66. The fourth-order valence-electron chi connectivity index (χ4n) is 3.24. The van der Waals surface area contributed by atoms with Gasteiger partial charge in [-0.2, -0.15) is 0 Å². The van der Waals surface area contributed by atoms with Gasteiger partial charge >= 0.3 is 0 Å². The van der Waals surface area contributed by atoms with E-state index in [1.807, 2.05) is 18.2 Å². The van der Waals surface area contributed by atoms with Crippen LogP contribution in [0, 0.1) is 5.92 Å². The molecular formula is C22H30N4O. The molecule has 1 aromatic heterocycles. The van der Waals surface area contributed by atoms with E-state index < -0.39 is 0 Å². The fourth-order valence-corrected chi connectivity index (χ4v) is 3.24. The zero-order valence-electron chi connectivity index (χ0n) is 16.4. The molecule has 0 aliphatic carbocycles. The average Bonchev–Trinajstić information content (AvgIpc) is 2.69. The van der Waals surface area contributed by atoms with Gasteiger partial charge in [0.1, 0.15) is 5.69 Å². The first-order valence-corrected chi connectivity index (χ1v) is 9.98. The molecule has 1 aliphatic heterocycles. The maximum absolute atomic E-state index is 12.4. The zero-order chi connectivity index (χ0) is 19.1. The number of carbonyl (C=O) groups is 1. The molecular weight excluding hydrogens is 336 g/mol. The Bertz CT molecular complexity index is 719.